The van der Waals surface area contributed by atoms with Gasteiger partial charge in [-0.05, 0) is 74.3 Å². The quantitative estimate of drug-likeness (QED) is 0.320. The van der Waals surface area contributed by atoms with E-state index >= 15 is 8.78 Å². The lowest BCUT2D eigenvalue weighted by Gasteiger charge is -2.37. The Bertz CT molecular complexity index is 1460. The average molecular weight is 655 g/mol. The van der Waals surface area contributed by atoms with E-state index in [1.807, 2.05) is 0 Å². The van der Waals surface area contributed by atoms with E-state index < -0.39 is 57.3 Å². The number of hydrogen-bond donors (Lipinski definition) is 4. The molecular formula is C30H37ClF2N4O6S. The standard InChI is InChI=1S/C30H37ClF2N4O6S/c31-20-5-3-18(4-6-20)26(19-11-13-43-14-12-19)28(36-30(39)40)29(38)35-27-23(24(32)9-10-25(27)33)8-7-22-16-34-21-2-1-15-44(41,42)37(22)17-21/h3-6,9-10,19,21-22,26,28,34,36H,1-2,7-8,11-17H2,(H,35,38)(H,39,40)/t21-,22+,26+,28+/m1/s1. The zero-order valence-electron chi connectivity index (χ0n) is 24.1. The van der Waals surface area contributed by atoms with Gasteiger partial charge in [0.1, 0.15) is 17.7 Å². The maximum Gasteiger partial charge on any atom is 0.405 e. The highest BCUT2D eigenvalue weighted by molar-refractivity contribution is 7.89. The molecule has 2 aromatic carbocycles. The molecule has 0 spiro atoms. The Morgan fingerprint density at radius 1 is 1.09 bits per heavy atom. The first-order valence-corrected chi connectivity index (χ1v) is 16.9. The van der Waals surface area contributed by atoms with Crippen LogP contribution in [0.3, 0.4) is 0 Å². The number of nitrogens with one attached hydrogen (secondary N) is 3. The molecule has 0 aliphatic carbocycles. The first-order chi connectivity index (χ1) is 21.0. The smallest absolute Gasteiger partial charge is 0.405 e. The Kier molecular flexibility index (Phi) is 10.4. The molecule has 3 aliphatic heterocycles. The third kappa shape index (κ3) is 7.51. The van der Waals surface area contributed by atoms with Crippen molar-refractivity contribution in [2.24, 2.45) is 5.92 Å². The van der Waals surface area contributed by atoms with Crippen LogP contribution in [0.4, 0.5) is 19.3 Å². The molecule has 3 saturated heterocycles. The monoisotopic (exact) mass is 654 g/mol. The summed E-state index contributed by atoms with van der Waals surface area (Å²) in [5, 5.41) is 18.4. The molecule has 0 saturated carbocycles. The topological polar surface area (TPSA) is 137 Å². The number of piperazine rings is 1. The number of amides is 2. The fraction of sp³-hybridized carbons (Fsp3) is 0.533. The second kappa shape index (κ2) is 14.1. The van der Waals surface area contributed by atoms with Crippen LogP contribution in [0.15, 0.2) is 36.4 Å². The molecule has 2 bridgehead atoms. The summed E-state index contributed by atoms with van der Waals surface area (Å²) in [5.74, 6) is -3.26. The minimum absolute atomic E-state index is 0.0389. The Hall–Kier alpha value is -2.84. The first kappa shape index (κ1) is 32.6. The molecule has 44 heavy (non-hydrogen) atoms. The molecule has 3 aliphatic rings. The third-order valence-corrected chi connectivity index (χ3v) is 11.1. The third-order valence-electron chi connectivity index (χ3n) is 8.89. The van der Waals surface area contributed by atoms with Crippen molar-refractivity contribution in [3.8, 4) is 0 Å². The van der Waals surface area contributed by atoms with Gasteiger partial charge in [0.25, 0.3) is 0 Å². The maximum atomic E-state index is 15.3. The summed E-state index contributed by atoms with van der Waals surface area (Å²) in [5.41, 5.74) is 0.155. The normalized spacial score (nSPS) is 24.9. The van der Waals surface area contributed by atoms with Crippen LogP contribution < -0.4 is 16.0 Å². The Morgan fingerprint density at radius 3 is 2.50 bits per heavy atom. The molecule has 3 fully saturated rings. The van der Waals surface area contributed by atoms with Crippen LogP contribution >= 0.6 is 11.6 Å². The van der Waals surface area contributed by atoms with E-state index in [2.05, 4.69) is 16.0 Å². The fourth-order valence-electron chi connectivity index (χ4n) is 6.68. The number of halogens is 3. The summed E-state index contributed by atoms with van der Waals surface area (Å²) in [4.78, 5) is 25.8. The van der Waals surface area contributed by atoms with Crippen LogP contribution in [0.5, 0.6) is 0 Å². The van der Waals surface area contributed by atoms with Crippen molar-refractivity contribution in [2.45, 2.75) is 62.6 Å². The SMILES string of the molecule is O=C(O)N[C@H](C(=O)Nc1c(F)ccc(F)c1CC[C@H]1CN[C@@H]2CCCS(=O)(=O)N1C2)[C@@H](c1ccc(Cl)cc1)C1CCOCC1. The van der Waals surface area contributed by atoms with Crippen molar-refractivity contribution in [3.63, 3.8) is 0 Å². The van der Waals surface area contributed by atoms with Crippen molar-refractivity contribution in [1.29, 1.82) is 0 Å². The molecular weight excluding hydrogens is 618 g/mol. The van der Waals surface area contributed by atoms with Crippen molar-refractivity contribution >= 4 is 39.3 Å². The highest BCUT2D eigenvalue weighted by Crippen LogP contribution is 2.37. The number of ether oxygens (including phenoxy) is 1. The minimum atomic E-state index is -3.49. The molecule has 5 rings (SSSR count). The molecule has 2 aromatic rings. The van der Waals surface area contributed by atoms with Crippen LogP contribution in [0, 0.1) is 17.6 Å². The first-order valence-electron chi connectivity index (χ1n) is 14.9. The number of rotatable bonds is 9. The molecule has 240 valence electrons. The summed E-state index contributed by atoms with van der Waals surface area (Å²) in [6, 6.07) is 6.83. The highest BCUT2D eigenvalue weighted by Gasteiger charge is 2.40. The lowest BCUT2D eigenvalue weighted by molar-refractivity contribution is -0.119. The van der Waals surface area contributed by atoms with E-state index in [1.54, 1.807) is 24.3 Å². The number of carbonyl (C=O) groups is 2. The van der Waals surface area contributed by atoms with Gasteiger partial charge >= 0.3 is 6.09 Å². The van der Waals surface area contributed by atoms with Gasteiger partial charge in [-0.25, -0.2) is 22.0 Å². The number of nitrogens with zero attached hydrogens (tertiary/aromatic N) is 1. The predicted octanol–water partition coefficient (Wildman–Crippen LogP) is 4.10. The summed E-state index contributed by atoms with van der Waals surface area (Å²) in [6.07, 6.45) is 1.11. The average Bonchev–Trinajstić information content (AvgIpc) is 3.11. The van der Waals surface area contributed by atoms with Gasteiger partial charge in [-0.1, -0.05) is 23.7 Å². The number of carboxylic acid groups (broad SMARTS) is 1. The summed E-state index contributed by atoms with van der Waals surface area (Å²) < 4.78 is 63.3. The molecule has 1 unspecified atom stereocenters. The lowest BCUT2D eigenvalue weighted by Crippen LogP contribution is -2.57. The number of carbonyl (C=O) groups excluding carboxylic acids is 1. The van der Waals surface area contributed by atoms with Crippen LogP contribution in [0.25, 0.3) is 0 Å². The predicted molar refractivity (Wildman–Crippen MR) is 161 cm³/mol. The summed E-state index contributed by atoms with van der Waals surface area (Å²) in [7, 11) is -3.49. The number of fused-ring (bicyclic) bond motifs is 2. The Balaban J connectivity index is 1.42. The number of sulfonamides is 1. The second-order valence-corrected chi connectivity index (χ2v) is 14.1. The van der Waals surface area contributed by atoms with Gasteiger partial charge in [-0.2, -0.15) is 4.31 Å². The highest BCUT2D eigenvalue weighted by atomic mass is 35.5. The van der Waals surface area contributed by atoms with E-state index in [0.717, 1.165) is 18.6 Å². The van der Waals surface area contributed by atoms with Gasteiger partial charge in [-0.15, -0.1) is 0 Å². The van der Waals surface area contributed by atoms with Crippen molar-refractivity contribution in [1.82, 2.24) is 14.9 Å². The van der Waals surface area contributed by atoms with Crippen molar-refractivity contribution in [2.75, 3.05) is 37.4 Å². The van der Waals surface area contributed by atoms with E-state index in [0.29, 0.717) is 56.2 Å². The number of anilines is 1. The van der Waals surface area contributed by atoms with Crippen molar-refractivity contribution in [3.05, 3.63) is 64.2 Å². The fourth-order valence-corrected chi connectivity index (χ4v) is 8.61. The van der Waals surface area contributed by atoms with E-state index in [4.69, 9.17) is 16.3 Å². The largest absolute Gasteiger partial charge is 0.465 e. The lowest BCUT2D eigenvalue weighted by atomic mass is 9.76. The number of benzene rings is 2. The molecule has 4 N–H and O–H groups in total. The van der Waals surface area contributed by atoms with Gasteiger partial charge in [-0.3, -0.25) is 4.79 Å². The second-order valence-electron chi connectivity index (χ2n) is 11.7. The van der Waals surface area contributed by atoms with Crippen LogP contribution in [-0.2, 0) is 26.0 Å². The molecule has 10 nitrogen and oxygen atoms in total. The summed E-state index contributed by atoms with van der Waals surface area (Å²) in [6.45, 7) is 1.56. The van der Waals surface area contributed by atoms with E-state index in [-0.39, 0.29) is 36.1 Å². The van der Waals surface area contributed by atoms with Gasteiger partial charge in [0, 0.05) is 54.9 Å². The zero-order valence-corrected chi connectivity index (χ0v) is 25.7. The Labute approximate surface area is 260 Å². The minimum Gasteiger partial charge on any atom is -0.465 e. The van der Waals surface area contributed by atoms with Crippen molar-refractivity contribution < 1.29 is 36.6 Å². The van der Waals surface area contributed by atoms with Crippen LogP contribution in [-0.4, -0.2) is 80.0 Å². The van der Waals surface area contributed by atoms with E-state index in [9.17, 15) is 23.1 Å². The van der Waals surface area contributed by atoms with Gasteiger partial charge in [0.05, 0.1) is 11.4 Å². The summed E-state index contributed by atoms with van der Waals surface area (Å²) >= 11 is 6.10. The van der Waals surface area contributed by atoms with Gasteiger partial charge in [0.15, 0.2) is 0 Å². The number of hydrogen-bond acceptors (Lipinski definition) is 6. The molecule has 14 heteroatoms. The maximum absolute atomic E-state index is 15.3. The van der Waals surface area contributed by atoms with Crippen LogP contribution in [0.1, 0.15) is 49.1 Å². The van der Waals surface area contributed by atoms with Crippen LogP contribution in [0.2, 0.25) is 5.02 Å². The molecule has 3 heterocycles. The Morgan fingerprint density at radius 2 is 1.80 bits per heavy atom. The van der Waals surface area contributed by atoms with Gasteiger partial charge in [0.2, 0.25) is 15.9 Å². The molecule has 5 atom stereocenters. The zero-order chi connectivity index (χ0) is 31.4. The molecule has 0 aromatic heterocycles. The molecule has 0 radical (unpaired) electrons. The molecule has 2 amide bonds. The van der Waals surface area contributed by atoms with Gasteiger partial charge < -0.3 is 25.8 Å². The van der Waals surface area contributed by atoms with E-state index in [1.165, 1.54) is 4.31 Å².